The molecule has 0 atom stereocenters. The maximum atomic E-state index is 12.3. The molecular weight excluding hydrogens is 239 g/mol. The lowest BCUT2D eigenvalue weighted by Crippen LogP contribution is -2.48. The molecule has 0 radical (unpaired) electrons. The average molecular weight is 247 g/mol. The van der Waals surface area contributed by atoms with E-state index in [0.29, 0.717) is 16.4 Å². The van der Waals surface area contributed by atoms with Crippen LogP contribution in [0.2, 0.25) is 0 Å². The Morgan fingerprint density at radius 1 is 1.41 bits per heavy atom. The second kappa shape index (κ2) is 3.81. The predicted octanol–water partition coefficient (Wildman–Crippen LogP) is 1.44. The van der Waals surface area contributed by atoms with Crippen molar-refractivity contribution in [2.24, 2.45) is 0 Å². The summed E-state index contributed by atoms with van der Waals surface area (Å²) in [6, 6.07) is 4.39. The number of alkyl halides is 3. The number of ether oxygens (including phenoxy) is 1. The third-order valence-corrected chi connectivity index (χ3v) is 2.19. The van der Waals surface area contributed by atoms with E-state index < -0.39 is 12.1 Å². The highest BCUT2D eigenvalue weighted by atomic mass is 19.4. The SMILES string of the molecule is COc1ccc2c(c1)N(C(=O)C(F)(F)F)NN2. The van der Waals surface area contributed by atoms with E-state index in [4.69, 9.17) is 4.74 Å². The van der Waals surface area contributed by atoms with Crippen molar-refractivity contribution in [1.29, 1.82) is 0 Å². The summed E-state index contributed by atoms with van der Waals surface area (Å²) >= 11 is 0. The zero-order valence-corrected chi connectivity index (χ0v) is 8.63. The van der Waals surface area contributed by atoms with Crippen molar-refractivity contribution in [3.05, 3.63) is 18.2 Å². The highest BCUT2D eigenvalue weighted by Crippen LogP contribution is 2.34. The van der Waals surface area contributed by atoms with Gasteiger partial charge < -0.3 is 10.2 Å². The highest BCUT2D eigenvalue weighted by molar-refractivity contribution is 6.01. The first-order chi connectivity index (χ1) is 7.93. The summed E-state index contributed by atoms with van der Waals surface area (Å²) in [5.41, 5.74) is 5.02. The van der Waals surface area contributed by atoms with Crippen LogP contribution in [0.15, 0.2) is 18.2 Å². The Labute approximate surface area is 94.1 Å². The van der Waals surface area contributed by atoms with Gasteiger partial charge in [-0.1, -0.05) is 0 Å². The number of rotatable bonds is 1. The largest absolute Gasteiger partial charge is 0.497 e. The molecule has 1 aliphatic rings. The average Bonchev–Trinajstić information content (AvgIpc) is 2.69. The normalized spacial score (nSPS) is 14.2. The third kappa shape index (κ3) is 1.98. The minimum atomic E-state index is -4.95. The number of hydrogen-bond acceptors (Lipinski definition) is 4. The highest BCUT2D eigenvalue weighted by Gasteiger charge is 2.45. The Balaban J connectivity index is 2.36. The second-order valence-electron chi connectivity index (χ2n) is 3.26. The van der Waals surface area contributed by atoms with Gasteiger partial charge in [0.25, 0.3) is 0 Å². The molecule has 0 saturated carbocycles. The summed E-state index contributed by atoms with van der Waals surface area (Å²) in [5, 5.41) is 0.387. The lowest BCUT2D eigenvalue weighted by atomic mass is 10.2. The van der Waals surface area contributed by atoms with Crippen molar-refractivity contribution in [1.82, 2.24) is 5.53 Å². The lowest BCUT2D eigenvalue weighted by Gasteiger charge is -2.17. The number of fused-ring (bicyclic) bond motifs is 1. The Hall–Kier alpha value is -1.96. The van der Waals surface area contributed by atoms with E-state index in [-0.39, 0.29) is 5.69 Å². The predicted molar refractivity (Wildman–Crippen MR) is 53.3 cm³/mol. The smallest absolute Gasteiger partial charge is 0.473 e. The molecule has 0 fully saturated rings. The first kappa shape index (κ1) is 11.5. The van der Waals surface area contributed by atoms with E-state index in [1.165, 1.54) is 19.2 Å². The van der Waals surface area contributed by atoms with Crippen molar-refractivity contribution in [3.63, 3.8) is 0 Å². The van der Waals surface area contributed by atoms with E-state index in [1.54, 1.807) is 6.07 Å². The van der Waals surface area contributed by atoms with Gasteiger partial charge >= 0.3 is 12.1 Å². The summed E-state index contributed by atoms with van der Waals surface area (Å²) in [7, 11) is 1.38. The number of hydrogen-bond donors (Lipinski definition) is 2. The first-order valence-corrected chi connectivity index (χ1v) is 4.54. The molecule has 5 nitrogen and oxygen atoms in total. The van der Waals surface area contributed by atoms with Crippen molar-refractivity contribution in [3.8, 4) is 5.75 Å². The molecule has 1 aromatic rings. The quantitative estimate of drug-likeness (QED) is 0.788. The molecule has 2 rings (SSSR count). The maximum absolute atomic E-state index is 12.3. The fourth-order valence-electron chi connectivity index (χ4n) is 1.39. The van der Waals surface area contributed by atoms with Crippen molar-refractivity contribution >= 4 is 17.3 Å². The van der Waals surface area contributed by atoms with Gasteiger partial charge in [0.05, 0.1) is 18.5 Å². The van der Waals surface area contributed by atoms with Crippen molar-refractivity contribution in [2.75, 3.05) is 17.5 Å². The number of nitrogens with one attached hydrogen (secondary N) is 2. The number of halogens is 3. The number of carbonyl (C=O) groups excluding carboxylic acids is 1. The van der Waals surface area contributed by atoms with Crippen LogP contribution in [0.1, 0.15) is 0 Å². The number of benzene rings is 1. The number of hydrazine groups is 2. The van der Waals surface area contributed by atoms with Gasteiger partial charge in [-0.2, -0.15) is 13.2 Å². The molecular formula is C9H8F3N3O2. The van der Waals surface area contributed by atoms with E-state index in [2.05, 4.69) is 11.0 Å². The van der Waals surface area contributed by atoms with Gasteiger partial charge in [0.1, 0.15) is 5.75 Å². The molecule has 0 aliphatic carbocycles. The van der Waals surface area contributed by atoms with Gasteiger partial charge in [0.15, 0.2) is 0 Å². The first-order valence-electron chi connectivity index (χ1n) is 4.54. The van der Waals surface area contributed by atoms with Crippen molar-refractivity contribution in [2.45, 2.75) is 6.18 Å². The van der Waals surface area contributed by atoms with E-state index in [9.17, 15) is 18.0 Å². The molecule has 0 bridgehead atoms. The van der Waals surface area contributed by atoms with E-state index in [0.717, 1.165) is 0 Å². The van der Waals surface area contributed by atoms with Gasteiger partial charge in [-0.05, 0) is 12.1 Å². The van der Waals surface area contributed by atoms with Crippen LogP contribution in [-0.2, 0) is 4.79 Å². The Kier molecular flexibility index (Phi) is 2.58. The van der Waals surface area contributed by atoms with Crippen LogP contribution in [-0.4, -0.2) is 19.2 Å². The number of nitrogens with zero attached hydrogens (tertiary/aromatic N) is 1. The molecule has 0 spiro atoms. The summed E-state index contributed by atoms with van der Waals surface area (Å²) in [4.78, 5) is 11.1. The second-order valence-corrected chi connectivity index (χ2v) is 3.26. The van der Waals surface area contributed by atoms with Crippen LogP contribution >= 0.6 is 0 Å². The molecule has 8 heteroatoms. The van der Waals surface area contributed by atoms with Gasteiger partial charge in [0, 0.05) is 6.07 Å². The van der Waals surface area contributed by atoms with Crippen LogP contribution in [0.4, 0.5) is 24.5 Å². The number of methoxy groups -OCH3 is 1. The molecule has 1 amide bonds. The minimum absolute atomic E-state index is 0.0617. The van der Waals surface area contributed by atoms with Gasteiger partial charge in [-0.25, -0.2) is 5.01 Å². The Morgan fingerprint density at radius 3 is 2.71 bits per heavy atom. The summed E-state index contributed by atoms with van der Waals surface area (Å²) in [6.07, 6.45) is -4.95. The molecule has 2 N–H and O–H groups in total. The third-order valence-electron chi connectivity index (χ3n) is 2.19. The zero-order chi connectivity index (χ0) is 12.6. The molecule has 92 valence electrons. The monoisotopic (exact) mass is 247 g/mol. The molecule has 17 heavy (non-hydrogen) atoms. The fraction of sp³-hybridized carbons (Fsp3) is 0.222. The van der Waals surface area contributed by atoms with Crippen LogP contribution in [0.5, 0.6) is 5.75 Å². The summed E-state index contributed by atoms with van der Waals surface area (Å²) < 4.78 is 41.7. The fourth-order valence-corrected chi connectivity index (χ4v) is 1.39. The topological polar surface area (TPSA) is 53.6 Å². The van der Waals surface area contributed by atoms with Crippen LogP contribution in [0.3, 0.4) is 0 Å². The molecule has 0 saturated heterocycles. The summed E-state index contributed by atoms with van der Waals surface area (Å²) in [6.45, 7) is 0. The van der Waals surface area contributed by atoms with E-state index >= 15 is 0 Å². The van der Waals surface area contributed by atoms with Gasteiger partial charge in [-0.3, -0.25) is 4.79 Å². The minimum Gasteiger partial charge on any atom is -0.497 e. The molecule has 1 aromatic carbocycles. The van der Waals surface area contributed by atoms with Gasteiger partial charge in [0.2, 0.25) is 0 Å². The molecule has 0 aromatic heterocycles. The maximum Gasteiger partial charge on any atom is 0.473 e. The Morgan fingerprint density at radius 2 is 2.12 bits per heavy atom. The Bertz CT molecular complexity index is 461. The van der Waals surface area contributed by atoms with Gasteiger partial charge in [-0.15, -0.1) is 5.53 Å². The van der Waals surface area contributed by atoms with E-state index in [1.807, 2.05) is 0 Å². The summed E-state index contributed by atoms with van der Waals surface area (Å²) in [5.74, 6) is -1.65. The molecule has 1 aliphatic heterocycles. The number of amides is 1. The standard InChI is InChI=1S/C9H8F3N3O2/c1-17-5-2-3-6-7(4-5)15(14-13-6)8(16)9(10,11)12/h2-4,13-14H,1H3. The van der Waals surface area contributed by atoms with Crippen LogP contribution in [0.25, 0.3) is 0 Å². The zero-order valence-electron chi connectivity index (χ0n) is 8.63. The van der Waals surface area contributed by atoms with Crippen LogP contribution < -0.4 is 20.7 Å². The lowest BCUT2D eigenvalue weighted by molar-refractivity contribution is -0.171. The number of anilines is 2. The number of carbonyl (C=O) groups is 1. The molecule has 0 unspecified atom stereocenters. The molecule has 1 heterocycles. The van der Waals surface area contributed by atoms with Crippen molar-refractivity contribution < 1.29 is 22.7 Å². The van der Waals surface area contributed by atoms with Crippen LogP contribution in [0, 0.1) is 0 Å².